The topological polar surface area (TPSA) is 12.4 Å². The Morgan fingerprint density at radius 2 is 1.44 bits per heavy atom. The third-order valence-electron chi connectivity index (χ3n) is 4.55. The number of aliphatic imine (C=N–C) groups is 1. The number of rotatable bonds is 4. The van der Waals surface area contributed by atoms with Crippen LogP contribution in [0.4, 0.5) is 5.69 Å². The summed E-state index contributed by atoms with van der Waals surface area (Å²) in [5.41, 5.74) is 7.93. The highest BCUT2D eigenvalue weighted by Crippen LogP contribution is 2.27. The van der Waals surface area contributed by atoms with Gasteiger partial charge in [-0.2, -0.15) is 4.99 Å². The summed E-state index contributed by atoms with van der Waals surface area (Å²) in [5, 5.41) is 2.40. The molecule has 3 aromatic carbocycles. The molecule has 0 bridgehead atoms. The van der Waals surface area contributed by atoms with Crippen LogP contribution in [-0.4, -0.2) is 5.16 Å². The molecule has 3 rings (SSSR count). The first-order valence-electron chi connectivity index (χ1n) is 9.15. The third-order valence-corrected chi connectivity index (χ3v) is 4.64. The third kappa shape index (κ3) is 4.80. The summed E-state index contributed by atoms with van der Waals surface area (Å²) in [5.74, 6) is 6.56. The maximum absolute atomic E-state index is 4.66. The summed E-state index contributed by atoms with van der Waals surface area (Å²) in [6.07, 6.45) is 2.00. The van der Waals surface area contributed by atoms with Crippen LogP contribution in [-0.2, 0) is 12.8 Å². The molecular weight excluding hydrogens is 346 g/mol. The van der Waals surface area contributed by atoms with E-state index in [1.54, 1.807) is 0 Å². The zero-order valence-corrected chi connectivity index (χ0v) is 16.4. The highest BCUT2D eigenvalue weighted by atomic mass is 32.1. The molecule has 0 aromatic heterocycles. The molecule has 3 aromatic rings. The minimum atomic E-state index is 0.823. The largest absolute Gasteiger partial charge is 0.195 e. The Balaban J connectivity index is 1.88. The van der Waals surface area contributed by atoms with Crippen molar-refractivity contribution in [3.8, 4) is 23.0 Å². The van der Waals surface area contributed by atoms with E-state index in [4.69, 9.17) is 0 Å². The first-order chi connectivity index (χ1) is 13.2. The van der Waals surface area contributed by atoms with Gasteiger partial charge in [0, 0.05) is 11.1 Å². The zero-order chi connectivity index (χ0) is 19.1. The summed E-state index contributed by atoms with van der Waals surface area (Å²) >= 11 is 4.66. The normalized spacial score (nSPS) is 9.85. The van der Waals surface area contributed by atoms with E-state index in [2.05, 4.69) is 103 Å². The fourth-order valence-corrected chi connectivity index (χ4v) is 3.09. The van der Waals surface area contributed by atoms with E-state index < -0.39 is 0 Å². The van der Waals surface area contributed by atoms with E-state index in [0.717, 1.165) is 29.7 Å². The highest BCUT2D eigenvalue weighted by molar-refractivity contribution is 7.78. The molecule has 0 spiro atoms. The number of benzene rings is 3. The van der Waals surface area contributed by atoms with Gasteiger partial charge in [-0.1, -0.05) is 56.0 Å². The molecule has 0 saturated carbocycles. The molecule has 0 aliphatic rings. The van der Waals surface area contributed by atoms with Crippen molar-refractivity contribution in [2.75, 3.05) is 0 Å². The number of aryl methyl sites for hydroxylation is 2. The second-order valence-corrected chi connectivity index (χ2v) is 6.46. The lowest BCUT2D eigenvalue weighted by atomic mass is 9.96. The van der Waals surface area contributed by atoms with Gasteiger partial charge in [-0.05, 0) is 83.7 Å². The fourth-order valence-electron chi connectivity index (χ4n) is 2.98. The second-order valence-electron chi connectivity index (χ2n) is 6.28. The summed E-state index contributed by atoms with van der Waals surface area (Å²) in [7, 11) is 0. The monoisotopic (exact) mass is 367 g/mol. The predicted octanol–water partition coefficient (Wildman–Crippen LogP) is 6.61. The Morgan fingerprint density at radius 1 is 0.778 bits per heavy atom. The van der Waals surface area contributed by atoms with Crippen molar-refractivity contribution in [2.24, 2.45) is 4.99 Å². The quantitative estimate of drug-likeness (QED) is 0.287. The molecule has 2 heteroatoms. The minimum absolute atomic E-state index is 0.823. The van der Waals surface area contributed by atoms with Crippen molar-refractivity contribution >= 4 is 23.1 Å². The molecule has 0 atom stereocenters. The van der Waals surface area contributed by atoms with Crippen LogP contribution in [0.3, 0.4) is 0 Å². The van der Waals surface area contributed by atoms with Crippen molar-refractivity contribution in [1.82, 2.24) is 0 Å². The number of hydrogen-bond donors (Lipinski definition) is 0. The number of thiocarbonyl (C=S) groups is 1. The maximum atomic E-state index is 4.66. The smallest absolute Gasteiger partial charge is 0.0739 e. The van der Waals surface area contributed by atoms with Gasteiger partial charge in [-0.3, -0.25) is 0 Å². The Labute approximate surface area is 166 Å². The SMILES string of the molecule is CCc1ccc(C#Cc2ccc(-c3ccc(N=C=S)cc3)c(CC)c2)cc1. The average Bonchev–Trinajstić information content (AvgIpc) is 2.73. The lowest BCUT2D eigenvalue weighted by Crippen LogP contribution is -1.89. The van der Waals surface area contributed by atoms with Crippen LogP contribution in [0.1, 0.15) is 36.1 Å². The lowest BCUT2D eigenvalue weighted by molar-refractivity contribution is 1.14. The van der Waals surface area contributed by atoms with E-state index in [0.29, 0.717) is 0 Å². The van der Waals surface area contributed by atoms with E-state index >= 15 is 0 Å². The Morgan fingerprint density at radius 3 is 2.07 bits per heavy atom. The summed E-state index contributed by atoms with van der Waals surface area (Å²) in [4.78, 5) is 4.01. The maximum Gasteiger partial charge on any atom is 0.0739 e. The van der Waals surface area contributed by atoms with Crippen LogP contribution >= 0.6 is 12.2 Å². The first-order valence-corrected chi connectivity index (χ1v) is 9.56. The van der Waals surface area contributed by atoms with Crippen LogP contribution < -0.4 is 0 Å². The van der Waals surface area contributed by atoms with Gasteiger partial charge in [-0.15, -0.1) is 0 Å². The molecule has 0 amide bonds. The van der Waals surface area contributed by atoms with Gasteiger partial charge in [0.2, 0.25) is 0 Å². The van der Waals surface area contributed by atoms with E-state index in [-0.39, 0.29) is 0 Å². The average molecular weight is 368 g/mol. The van der Waals surface area contributed by atoms with Crippen molar-refractivity contribution < 1.29 is 0 Å². The van der Waals surface area contributed by atoms with Gasteiger partial charge >= 0.3 is 0 Å². The molecule has 1 nitrogen and oxygen atoms in total. The number of isothiocyanates is 1. The second kappa shape index (κ2) is 9.10. The standard InChI is InChI=1S/C25H21NS/c1-3-19-5-7-20(8-6-19)9-10-21-11-16-25(22(4-2)17-21)23-12-14-24(15-13-23)26-18-27/h5-8,11-17H,3-4H2,1-2H3. The molecule has 0 radical (unpaired) electrons. The van der Waals surface area contributed by atoms with Gasteiger partial charge in [0.25, 0.3) is 0 Å². The van der Waals surface area contributed by atoms with Gasteiger partial charge in [-0.25, -0.2) is 0 Å². The Hall–Kier alpha value is -2.98. The van der Waals surface area contributed by atoms with Crippen LogP contribution in [0, 0.1) is 11.8 Å². The van der Waals surface area contributed by atoms with Gasteiger partial charge in [0.05, 0.1) is 10.8 Å². The first kappa shape index (κ1) is 18.8. The summed E-state index contributed by atoms with van der Waals surface area (Å²) in [6, 6.07) is 22.9. The molecule has 0 saturated heterocycles. The van der Waals surface area contributed by atoms with E-state index in [1.807, 2.05) is 12.1 Å². The molecule has 0 unspecified atom stereocenters. The Bertz CT molecular complexity index is 1030. The molecule has 27 heavy (non-hydrogen) atoms. The molecule has 0 fully saturated rings. The number of hydrogen-bond acceptors (Lipinski definition) is 2. The van der Waals surface area contributed by atoms with E-state index in [9.17, 15) is 0 Å². The van der Waals surface area contributed by atoms with Gasteiger partial charge in [0.1, 0.15) is 0 Å². The lowest BCUT2D eigenvalue weighted by Gasteiger charge is -2.09. The summed E-state index contributed by atoms with van der Waals surface area (Å²) in [6.45, 7) is 4.33. The van der Waals surface area contributed by atoms with Crippen molar-refractivity contribution in [2.45, 2.75) is 26.7 Å². The van der Waals surface area contributed by atoms with Crippen LogP contribution in [0.2, 0.25) is 0 Å². The van der Waals surface area contributed by atoms with Gasteiger partial charge < -0.3 is 0 Å². The predicted molar refractivity (Wildman–Crippen MR) is 118 cm³/mol. The van der Waals surface area contributed by atoms with Crippen LogP contribution in [0.5, 0.6) is 0 Å². The molecular formula is C25H21NS. The zero-order valence-electron chi connectivity index (χ0n) is 15.6. The van der Waals surface area contributed by atoms with Crippen molar-refractivity contribution in [1.29, 1.82) is 0 Å². The van der Waals surface area contributed by atoms with E-state index in [1.165, 1.54) is 22.3 Å². The minimum Gasteiger partial charge on any atom is -0.195 e. The van der Waals surface area contributed by atoms with Crippen LogP contribution in [0.15, 0.2) is 71.7 Å². The molecule has 0 heterocycles. The van der Waals surface area contributed by atoms with Crippen molar-refractivity contribution in [3.05, 3.63) is 89.0 Å². The molecule has 132 valence electrons. The fraction of sp³-hybridized carbons (Fsp3) is 0.160. The molecule has 0 N–H and O–H groups in total. The summed E-state index contributed by atoms with van der Waals surface area (Å²) < 4.78 is 0. The Kier molecular flexibility index (Phi) is 6.34. The van der Waals surface area contributed by atoms with Gasteiger partial charge in [0.15, 0.2) is 0 Å². The molecule has 0 aliphatic heterocycles. The van der Waals surface area contributed by atoms with Crippen LogP contribution in [0.25, 0.3) is 11.1 Å². The highest BCUT2D eigenvalue weighted by Gasteiger charge is 2.05. The van der Waals surface area contributed by atoms with Crippen molar-refractivity contribution in [3.63, 3.8) is 0 Å². The number of nitrogens with zero attached hydrogens (tertiary/aromatic N) is 1. The molecule has 0 aliphatic carbocycles.